The minimum Gasteiger partial charge on any atom is -0.493 e. The van der Waals surface area contributed by atoms with Gasteiger partial charge in [0, 0.05) is 36.9 Å². The summed E-state index contributed by atoms with van der Waals surface area (Å²) < 4.78 is 19.1. The monoisotopic (exact) mass is 584 g/mol. The molecule has 5 rings (SSSR count). The Morgan fingerprint density at radius 1 is 0.977 bits per heavy atom. The molecule has 0 radical (unpaired) electrons. The summed E-state index contributed by atoms with van der Waals surface area (Å²) in [6.45, 7) is 3.15. The molecule has 1 heterocycles. The van der Waals surface area contributed by atoms with Crippen LogP contribution in [-0.4, -0.2) is 43.8 Å². The molecule has 3 aromatic carbocycles. The maximum Gasteiger partial charge on any atom is 0.246 e. The lowest BCUT2D eigenvalue weighted by Crippen LogP contribution is -2.33. The number of hydrogen-bond donors (Lipinski definition) is 3. The molecule has 0 unspecified atom stereocenters. The Morgan fingerprint density at radius 3 is 2.44 bits per heavy atom. The van der Waals surface area contributed by atoms with E-state index in [1.807, 2.05) is 54.2 Å². The van der Waals surface area contributed by atoms with E-state index in [2.05, 4.69) is 16.0 Å². The number of amides is 2. The highest BCUT2D eigenvalue weighted by Crippen LogP contribution is 2.50. The third-order valence-electron chi connectivity index (χ3n) is 7.84. The normalized spacial score (nSPS) is 14.5. The molecule has 0 fully saturated rings. The number of nitrogens with zero attached hydrogens (tertiary/aromatic N) is 1. The lowest BCUT2D eigenvalue weighted by molar-refractivity contribution is -0.119. The average Bonchev–Trinajstić information content (AvgIpc) is 3.19. The SMILES string of the molecule is COc1cc2c(c(OC)c1OC)-c1ccc(N[C@H](C)C(=O)Nc3ccc4ccn(C)c4c3)c(=O)cc1[C@H](NC(C)=O)CC2. The van der Waals surface area contributed by atoms with Crippen LogP contribution in [0.1, 0.15) is 37.4 Å². The molecule has 1 aliphatic carbocycles. The van der Waals surface area contributed by atoms with Crippen LogP contribution in [0.3, 0.4) is 0 Å². The zero-order valence-electron chi connectivity index (χ0n) is 25.2. The van der Waals surface area contributed by atoms with Crippen molar-refractivity contribution >= 4 is 34.1 Å². The zero-order valence-corrected chi connectivity index (χ0v) is 25.2. The summed E-state index contributed by atoms with van der Waals surface area (Å²) in [6.07, 6.45) is 3.11. The van der Waals surface area contributed by atoms with E-state index in [0.29, 0.717) is 46.9 Å². The van der Waals surface area contributed by atoms with Crippen LogP contribution in [0.5, 0.6) is 17.2 Å². The maximum atomic E-state index is 13.6. The van der Waals surface area contributed by atoms with Crippen molar-refractivity contribution in [1.82, 2.24) is 9.88 Å². The van der Waals surface area contributed by atoms with Crippen LogP contribution >= 0.6 is 0 Å². The van der Waals surface area contributed by atoms with Crippen molar-refractivity contribution in [2.45, 2.75) is 38.8 Å². The molecule has 2 atom stereocenters. The van der Waals surface area contributed by atoms with E-state index in [4.69, 9.17) is 14.2 Å². The van der Waals surface area contributed by atoms with Gasteiger partial charge in [0.2, 0.25) is 23.0 Å². The molecule has 1 aliphatic rings. The number of hydrogen-bond acceptors (Lipinski definition) is 7. The fourth-order valence-corrected chi connectivity index (χ4v) is 5.72. The maximum absolute atomic E-state index is 13.6. The lowest BCUT2D eigenvalue weighted by atomic mass is 9.95. The van der Waals surface area contributed by atoms with Gasteiger partial charge in [-0.15, -0.1) is 0 Å². The largest absolute Gasteiger partial charge is 0.493 e. The summed E-state index contributed by atoms with van der Waals surface area (Å²) in [5, 5.41) is 10.1. The van der Waals surface area contributed by atoms with E-state index in [1.54, 1.807) is 27.2 Å². The number of methoxy groups -OCH3 is 3. The zero-order chi connectivity index (χ0) is 30.8. The molecule has 2 amide bonds. The van der Waals surface area contributed by atoms with Gasteiger partial charge in [-0.2, -0.15) is 0 Å². The van der Waals surface area contributed by atoms with Gasteiger partial charge in [-0.1, -0.05) is 12.1 Å². The van der Waals surface area contributed by atoms with E-state index in [-0.39, 0.29) is 22.9 Å². The molecule has 0 bridgehead atoms. The number of benzene rings is 2. The number of ether oxygens (including phenoxy) is 3. The molecule has 1 aromatic heterocycles. The molecule has 3 N–H and O–H groups in total. The predicted molar refractivity (Wildman–Crippen MR) is 167 cm³/mol. The summed E-state index contributed by atoms with van der Waals surface area (Å²) in [5.41, 5.74) is 4.63. The van der Waals surface area contributed by atoms with E-state index in [0.717, 1.165) is 22.0 Å². The molecular weight excluding hydrogens is 548 g/mol. The molecule has 4 aromatic rings. The molecule has 10 heteroatoms. The second-order valence-corrected chi connectivity index (χ2v) is 10.7. The first-order valence-corrected chi connectivity index (χ1v) is 14.0. The van der Waals surface area contributed by atoms with Crippen LogP contribution in [0.4, 0.5) is 11.4 Å². The Balaban J connectivity index is 1.54. The van der Waals surface area contributed by atoms with E-state index in [1.165, 1.54) is 20.1 Å². The number of carbonyl (C=O) groups is 2. The molecular formula is C33H36N4O6. The van der Waals surface area contributed by atoms with Gasteiger partial charge in [0.15, 0.2) is 11.5 Å². The van der Waals surface area contributed by atoms with Crippen LogP contribution in [0.2, 0.25) is 0 Å². The number of aromatic nitrogens is 1. The van der Waals surface area contributed by atoms with Crippen molar-refractivity contribution in [2.24, 2.45) is 7.05 Å². The second-order valence-electron chi connectivity index (χ2n) is 10.7. The van der Waals surface area contributed by atoms with Gasteiger partial charge in [0.25, 0.3) is 0 Å². The molecule has 10 nitrogen and oxygen atoms in total. The van der Waals surface area contributed by atoms with E-state index in [9.17, 15) is 14.4 Å². The molecule has 43 heavy (non-hydrogen) atoms. The molecule has 0 aliphatic heterocycles. The molecule has 0 spiro atoms. The fraction of sp³-hybridized carbons (Fsp3) is 0.303. The standard InChI is InChI=1S/C33H36N4O6/c1-18(33(40)36-22-9-7-20-13-14-37(3)27(20)16-22)34-26-12-10-23-24(17-28(26)39)25(35-19(2)38)11-8-21-15-29(41-4)31(42-5)32(43-6)30(21)23/h7,9-10,12-18,25H,8,11H2,1-6H3,(H,34,39)(H,35,38)(H,36,40)/t18-,25-/m1/s1. The van der Waals surface area contributed by atoms with Crippen LogP contribution in [0.15, 0.2) is 59.5 Å². The van der Waals surface area contributed by atoms with Gasteiger partial charge in [0.1, 0.15) is 6.04 Å². The van der Waals surface area contributed by atoms with Crippen molar-refractivity contribution in [3.8, 4) is 28.4 Å². The number of rotatable bonds is 8. The summed E-state index contributed by atoms with van der Waals surface area (Å²) >= 11 is 0. The van der Waals surface area contributed by atoms with Crippen molar-refractivity contribution in [3.63, 3.8) is 0 Å². The van der Waals surface area contributed by atoms with Gasteiger partial charge in [-0.25, -0.2) is 0 Å². The van der Waals surface area contributed by atoms with Crippen molar-refractivity contribution < 1.29 is 23.8 Å². The minimum absolute atomic E-state index is 0.208. The Kier molecular flexibility index (Phi) is 8.29. The highest BCUT2D eigenvalue weighted by molar-refractivity contribution is 5.98. The Morgan fingerprint density at radius 2 is 1.74 bits per heavy atom. The Labute approximate surface area is 250 Å². The minimum atomic E-state index is -0.726. The van der Waals surface area contributed by atoms with Crippen LogP contribution < -0.4 is 35.6 Å². The summed E-state index contributed by atoms with van der Waals surface area (Å²) in [7, 11) is 6.60. The number of aryl methyl sites for hydroxylation is 2. The summed E-state index contributed by atoms with van der Waals surface area (Å²) in [4.78, 5) is 39.0. The number of carbonyl (C=O) groups excluding carboxylic acids is 2. The topological polar surface area (TPSA) is 120 Å². The first-order chi connectivity index (χ1) is 20.6. The van der Waals surface area contributed by atoms with Gasteiger partial charge >= 0.3 is 0 Å². The smallest absolute Gasteiger partial charge is 0.246 e. The van der Waals surface area contributed by atoms with Crippen molar-refractivity contribution in [2.75, 3.05) is 32.0 Å². The van der Waals surface area contributed by atoms with Gasteiger partial charge in [-0.3, -0.25) is 14.4 Å². The fourth-order valence-electron chi connectivity index (χ4n) is 5.72. The van der Waals surface area contributed by atoms with Gasteiger partial charge in [-0.05, 0) is 78.2 Å². The van der Waals surface area contributed by atoms with Crippen molar-refractivity contribution in [1.29, 1.82) is 0 Å². The first-order valence-electron chi connectivity index (χ1n) is 14.0. The third kappa shape index (κ3) is 5.73. The lowest BCUT2D eigenvalue weighted by Gasteiger charge is -2.19. The summed E-state index contributed by atoms with van der Waals surface area (Å²) in [5.74, 6) is 0.924. The number of fused-ring (bicyclic) bond motifs is 4. The van der Waals surface area contributed by atoms with E-state index >= 15 is 0 Å². The highest BCUT2D eigenvalue weighted by atomic mass is 16.5. The van der Waals surface area contributed by atoms with Crippen LogP contribution in [-0.2, 0) is 23.1 Å². The predicted octanol–water partition coefficient (Wildman–Crippen LogP) is 4.79. The third-order valence-corrected chi connectivity index (χ3v) is 7.84. The summed E-state index contributed by atoms with van der Waals surface area (Å²) in [6, 6.07) is 13.5. The first kappa shape index (κ1) is 29.5. The highest BCUT2D eigenvalue weighted by Gasteiger charge is 2.29. The van der Waals surface area contributed by atoms with Gasteiger partial charge < -0.3 is 34.7 Å². The quantitative estimate of drug-likeness (QED) is 0.272. The van der Waals surface area contributed by atoms with Crippen LogP contribution in [0, 0.1) is 0 Å². The second kappa shape index (κ2) is 12.1. The van der Waals surface area contributed by atoms with Crippen molar-refractivity contribution in [3.05, 3.63) is 76.1 Å². The number of nitrogens with one attached hydrogen (secondary N) is 3. The van der Waals surface area contributed by atoms with E-state index < -0.39 is 12.1 Å². The van der Waals surface area contributed by atoms with Crippen LogP contribution in [0.25, 0.3) is 22.0 Å². The molecule has 0 saturated heterocycles. The van der Waals surface area contributed by atoms with Gasteiger partial charge in [0.05, 0.1) is 33.1 Å². The molecule has 224 valence electrons. The Hall–Kier alpha value is -4.99. The Bertz CT molecular complexity index is 1780. The molecule has 0 saturated carbocycles. The average molecular weight is 585 g/mol. The number of anilines is 2.